The summed E-state index contributed by atoms with van der Waals surface area (Å²) in [4.78, 5) is 23.3. The minimum atomic E-state index is -0.707. The molecular weight excluding hydrogens is 270 g/mol. The lowest BCUT2D eigenvalue weighted by Crippen LogP contribution is -2.29. The molecule has 3 N–H and O–H groups in total. The van der Waals surface area contributed by atoms with Gasteiger partial charge in [-0.1, -0.05) is 30.3 Å². The van der Waals surface area contributed by atoms with E-state index in [4.69, 9.17) is 10.5 Å². The molecule has 0 unspecified atom stereocenters. The standard InChI is InChI=1S/C15H17N3O3/c1-3-21-14(19)12-9-10(2)18(17-15(16)20)13(12)11-7-5-4-6-8-11/h4-9H,3H2,1-2H3,(H3,16,17,20). The van der Waals surface area contributed by atoms with Crippen molar-refractivity contribution in [3.05, 3.63) is 47.7 Å². The Kier molecular flexibility index (Phi) is 4.27. The number of ether oxygens (including phenoxy) is 1. The fraction of sp³-hybridized carbons (Fsp3) is 0.200. The largest absolute Gasteiger partial charge is 0.462 e. The van der Waals surface area contributed by atoms with Crippen LogP contribution in [0.2, 0.25) is 0 Å². The maximum absolute atomic E-state index is 12.1. The topological polar surface area (TPSA) is 86.3 Å². The number of urea groups is 1. The number of carbonyl (C=O) groups is 2. The smallest absolute Gasteiger partial charge is 0.340 e. The third-order valence-electron chi connectivity index (χ3n) is 2.95. The third kappa shape index (κ3) is 3.05. The zero-order valence-corrected chi connectivity index (χ0v) is 11.9. The van der Waals surface area contributed by atoms with Crippen molar-refractivity contribution >= 4 is 12.0 Å². The predicted molar refractivity (Wildman–Crippen MR) is 79.5 cm³/mol. The molecule has 0 saturated carbocycles. The van der Waals surface area contributed by atoms with Crippen molar-refractivity contribution in [2.75, 3.05) is 12.0 Å². The molecule has 110 valence electrons. The molecule has 6 nitrogen and oxygen atoms in total. The molecule has 2 amide bonds. The number of hydrogen-bond donors (Lipinski definition) is 2. The zero-order valence-electron chi connectivity index (χ0n) is 11.9. The lowest BCUT2D eigenvalue weighted by Gasteiger charge is -2.12. The highest BCUT2D eigenvalue weighted by Crippen LogP contribution is 2.27. The summed E-state index contributed by atoms with van der Waals surface area (Å²) >= 11 is 0. The van der Waals surface area contributed by atoms with Gasteiger partial charge in [-0.15, -0.1) is 0 Å². The summed E-state index contributed by atoms with van der Waals surface area (Å²) in [5, 5.41) is 0. The molecule has 2 rings (SSSR count). The maximum Gasteiger partial charge on any atom is 0.340 e. The molecule has 0 radical (unpaired) electrons. The van der Waals surface area contributed by atoms with Gasteiger partial charge in [0.1, 0.15) is 0 Å². The lowest BCUT2D eigenvalue weighted by molar-refractivity contribution is 0.0527. The third-order valence-corrected chi connectivity index (χ3v) is 2.95. The van der Waals surface area contributed by atoms with Crippen LogP contribution in [0.4, 0.5) is 4.79 Å². The van der Waals surface area contributed by atoms with Gasteiger partial charge >= 0.3 is 12.0 Å². The Bertz CT molecular complexity index is 662. The molecule has 0 spiro atoms. The number of amides is 2. The van der Waals surface area contributed by atoms with Gasteiger partial charge < -0.3 is 10.5 Å². The van der Waals surface area contributed by atoms with E-state index in [-0.39, 0.29) is 6.61 Å². The Morgan fingerprint density at radius 2 is 1.95 bits per heavy atom. The summed E-state index contributed by atoms with van der Waals surface area (Å²) in [6.07, 6.45) is 0. The number of nitrogens with two attached hydrogens (primary N) is 1. The molecule has 1 heterocycles. The number of nitrogens with zero attached hydrogens (tertiary/aromatic N) is 1. The van der Waals surface area contributed by atoms with Crippen LogP contribution in [0.15, 0.2) is 36.4 Å². The van der Waals surface area contributed by atoms with E-state index in [1.165, 1.54) is 4.68 Å². The van der Waals surface area contributed by atoms with Gasteiger partial charge in [-0.05, 0) is 19.9 Å². The molecule has 0 bridgehead atoms. The fourth-order valence-corrected chi connectivity index (χ4v) is 2.14. The summed E-state index contributed by atoms with van der Waals surface area (Å²) in [5.41, 5.74) is 10.1. The molecular formula is C15H17N3O3. The highest BCUT2D eigenvalue weighted by Gasteiger charge is 2.21. The number of hydrogen-bond acceptors (Lipinski definition) is 3. The van der Waals surface area contributed by atoms with Crippen LogP contribution in [0.1, 0.15) is 23.0 Å². The fourth-order valence-electron chi connectivity index (χ4n) is 2.14. The Hall–Kier alpha value is -2.76. The number of primary amides is 1. The van der Waals surface area contributed by atoms with E-state index in [0.29, 0.717) is 17.0 Å². The van der Waals surface area contributed by atoms with E-state index in [1.807, 2.05) is 30.3 Å². The Morgan fingerprint density at radius 3 is 2.52 bits per heavy atom. The van der Waals surface area contributed by atoms with E-state index < -0.39 is 12.0 Å². The van der Waals surface area contributed by atoms with Crippen molar-refractivity contribution in [3.63, 3.8) is 0 Å². The van der Waals surface area contributed by atoms with E-state index in [1.54, 1.807) is 19.9 Å². The molecule has 0 saturated heterocycles. The van der Waals surface area contributed by atoms with Gasteiger partial charge in [-0.3, -0.25) is 4.68 Å². The first kappa shape index (κ1) is 14.6. The van der Waals surface area contributed by atoms with Gasteiger partial charge in [0.2, 0.25) is 0 Å². The number of rotatable bonds is 4. The number of esters is 1. The number of aryl methyl sites for hydroxylation is 1. The Balaban J connectivity index is 2.61. The van der Waals surface area contributed by atoms with Crippen LogP contribution in [-0.2, 0) is 4.74 Å². The average molecular weight is 287 g/mol. The zero-order chi connectivity index (χ0) is 15.4. The summed E-state index contributed by atoms with van der Waals surface area (Å²) < 4.78 is 6.56. The molecule has 21 heavy (non-hydrogen) atoms. The van der Waals surface area contributed by atoms with E-state index in [2.05, 4.69) is 5.43 Å². The Morgan fingerprint density at radius 1 is 1.29 bits per heavy atom. The maximum atomic E-state index is 12.1. The van der Waals surface area contributed by atoms with Crippen LogP contribution < -0.4 is 11.2 Å². The second-order valence-electron chi connectivity index (χ2n) is 4.45. The highest BCUT2D eigenvalue weighted by atomic mass is 16.5. The van der Waals surface area contributed by atoms with Gasteiger partial charge in [0.15, 0.2) is 0 Å². The van der Waals surface area contributed by atoms with Gasteiger partial charge in [0.05, 0.1) is 17.9 Å². The quantitative estimate of drug-likeness (QED) is 0.846. The summed E-state index contributed by atoms with van der Waals surface area (Å²) in [5.74, 6) is -0.440. The van der Waals surface area contributed by atoms with Crippen LogP contribution in [0.5, 0.6) is 0 Å². The number of nitrogens with one attached hydrogen (secondary N) is 1. The summed E-state index contributed by atoms with van der Waals surface area (Å²) in [6, 6.07) is 10.2. The number of carbonyl (C=O) groups excluding carboxylic acids is 2. The van der Waals surface area contributed by atoms with Crippen molar-refractivity contribution < 1.29 is 14.3 Å². The molecule has 1 aromatic heterocycles. The predicted octanol–water partition coefficient (Wildman–Crippen LogP) is 2.26. The van der Waals surface area contributed by atoms with Gasteiger partial charge in [0.25, 0.3) is 0 Å². The molecule has 1 aromatic carbocycles. The SMILES string of the molecule is CCOC(=O)c1cc(C)n(NC(N)=O)c1-c1ccccc1. The van der Waals surface area contributed by atoms with Gasteiger partial charge in [-0.25, -0.2) is 15.0 Å². The van der Waals surface area contributed by atoms with Gasteiger partial charge in [0, 0.05) is 11.3 Å². The monoisotopic (exact) mass is 287 g/mol. The van der Waals surface area contributed by atoms with Crippen LogP contribution in [0, 0.1) is 6.92 Å². The summed E-state index contributed by atoms with van der Waals surface area (Å²) in [6.45, 7) is 3.79. The van der Waals surface area contributed by atoms with Crippen molar-refractivity contribution in [2.24, 2.45) is 5.73 Å². The molecule has 0 atom stereocenters. The first-order chi connectivity index (χ1) is 10.0. The van der Waals surface area contributed by atoms with Crippen LogP contribution >= 0.6 is 0 Å². The minimum absolute atomic E-state index is 0.278. The minimum Gasteiger partial charge on any atom is -0.462 e. The van der Waals surface area contributed by atoms with Crippen molar-refractivity contribution in [2.45, 2.75) is 13.8 Å². The van der Waals surface area contributed by atoms with Crippen LogP contribution in [-0.4, -0.2) is 23.3 Å². The molecule has 6 heteroatoms. The normalized spacial score (nSPS) is 10.2. The van der Waals surface area contributed by atoms with Crippen LogP contribution in [0.25, 0.3) is 11.3 Å². The van der Waals surface area contributed by atoms with Crippen molar-refractivity contribution in [1.82, 2.24) is 4.68 Å². The number of benzene rings is 1. The lowest BCUT2D eigenvalue weighted by atomic mass is 10.1. The summed E-state index contributed by atoms with van der Waals surface area (Å²) in [7, 11) is 0. The first-order valence-corrected chi connectivity index (χ1v) is 6.56. The van der Waals surface area contributed by atoms with Gasteiger partial charge in [-0.2, -0.15) is 0 Å². The molecule has 0 aliphatic carbocycles. The molecule has 2 aromatic rings. The highest BCUT2D eigenvalue weighted by molar-refractivity contribution is 5.97. The molecule has 0 aliphatic heterocycles. The second-order valence-corrected chi connectivity index (χ2v) is 4.45. The average Bonchev–Trinajstić information content (AvgIpc) is 2.77. The first-order valence-electron chi connectivity index (χ1n) is 6.56. The van der Waals surface area contributed by atoms with E-state index in [0.717, 1.165) is 5.56 Å². The molecule has 0 aliphatic rings. The second kappa shape index (κ2) is 6.13. The van der Waals surface area contributed by atoms with E-state index in [9.17, 15) is 9.59 Å². The van der Waals surface area contributed by atoms with Crippen molar-refractivity contribution in [1.29, 1.82) is 0 Å². The van der Waals surface area contributed by atoms with E-state index >= 15 is 0 Å². The Labute approximate surface area is 122 Å². The van der Waals surface area contributed by atoms with Crippen LogP contribution in [0.3, 0.4) is 0 Å². The van der Waals surface area contributed by atoms with Crippen molar-refractivity contribution in [3.8, 4) is 11.3 Å². The molecule has 0 fully saturated rings. The number of aromatic nitrogens is 1.